The predicted octanol–water partition coefficient (Wildman–Crippen LogP) is 3.35. The van der Waals surface area contributed by atoms with Crippen LogP contribution in [0.4, 0.5) is 0 Å². The van der Waals surface area contributed by atoms with Crippen LogP contribution >= 0.6 is 27.5 Å². The number of ether oxygens (including phenoxy) is 2. The topological polar surface area (TPSA) is 76.7 Å². The van der Waals surface area contributed by atoms with Crippen molar-refractivity contribution in [3.05, 3.63) is 63.6 Å². The summed E-state index contributed by atoms with van der Waals surface area (Å²) in [6, 6.07) is 12.1. The molecule has 0 heterocycles. The fourth-order valence-electron chi connectivity index (χ4n) is 1.83. The Kier molecular flexibility index (Phi) is 7.50. The molecule has 2 amide bonds. The van der Waals surface area contributed by atoms with Gasteiger partial charge in [0.05, 0.1) is 11.6 Å². The van der Waals surface area contributed by atoms with Gasteiger partial charge in [-0.15, -0.1) is 0 Å². The van der Waals surface area contributed by atoms with Crippen LogP contribution in [0.3, 0.4) is 0 Å². The molecular weight excluding hydrogens is 424 g/mol. The van der Waals surface area contributed by atoms with Crippen molar-refractivity contribution in [1.29, 1.82) is 0 Å². The van der Waals surface area contributed by atoms with Crippen LogP contribution in [0.25, 0.3) is 6.08 Å². The van der Waals surface area contributed by atoms with Crippen LogP contribution in [-0.2, 0) is 9.59 Å². The van der Waals surface area contributed by atoms with E-state index in [4.69, 9.17) is 21.1 Å². The monoisotopic (exact) mass is 438 g/mol. The van der Waals surface area contributed by atoms with Gasteiger partial charge in [-0.1, -0.05) is 23.7 Å². The number of hydrogen-bond acceptors (Lipinski definition) is 4. The van der Waals surface area contributed by atoms with Gasteiger partial charge in [0.2, 0.25) is 0 Å². The van der Waals surface area contributed by atoms with E-state index < -0.39 is 11.8 Å². The van der Waals surface area contributed by atoms with Crippen LogP contribution in [0, 0.1) is 0 Å². The SMILES string of the molecule is COc1ccc(/C=C/C(=O)NNC(=O)COc2ccc(Cl)cc2Br)cc1. The summed E-state index contributed by atoms with van der Waals surface area (Å²) in [6.07, 6.45) is 2.92. The number of hydrazine groups is 1. The molecule has 6 nitrogen and oxygen atoms in total. The normalized spacial score (nSPS) is 10.4. The molecule has 0 saturated carbocycles. The van der Waals surface area contributed by atoms with Crippen molar-refractivity contribution in [2.45, 2.75) is 0 Å². The molecule has 0 unspecified atom stereocenters. The molecule has 2 aromatic carbocycles. The van der Waals surface area contributed by atoms with E-state index in [9.17, 15) is 9.59 Å². The van der Waals surface area contributed by atoms with Crippen molar-refractivity contribution in [2.24, 2.45) is 0 Å². The molecule has 0 aliphatic carbocycles. The largest absolute Gasteiger partial charge is 0.497 e. The number of halogens is 2. The van der Waals surface area contributed by atoms with Gasteiger partial charge in [0.15, 0.2) is 6.61 Å². The van der Waals surface area contributed by atoms with Gasteiger partial charge in [0, 0.05) is 11.1 Å². The third-order valence-corrected chi connectivity index (χ3v) is 3.98. The van der Waals surface area contributed by atoms with Crippen LogP contribution in [0.2, 0.25) is 5.02 Å². The lowest BCUT2D eigenvalue weighted by atomic mass is 10.2. The number of methoxy groups -OCH3 is 1. The molecule has 26 heavy (non-hydrogen) atoms. The maximum absolute atomic E-state index is 11.7. The van der Waals surface area contributed by atoms with Crippen molar-refractivity contribution in [3.8, 4) is 11.5 Å². The summed E-state index contributed by atoms with van der Waals surface area (Å²) in [5.74, 6) is 0.223. The van der Waals surface area contributed by atoms with Crippen molar-refractivity contribution in [2.75, 3.05) is 13.7 Å². The number of benzene rings is 2. The first kappa shape index (κ1) is 19.8. The molecule has 8 heteroatoms. The van der Waals surface area contributed by atoms with Gasteiger partial charge < -0.3 is 9.47 Å². The zero-order valence-electron chi connectivity index (χ0n) is 13.8. The van der Waals surface area contributed by atoms with Gasteiger partial charge in [0.25, 0.3) is 11.8 Å². The maximum Gasteiger partial charge on any atom is 0.276 e. The second-order valence-electron chi connectivity index (χ2n) is 5.01. The highest BCUT2D eigenvalue weighted by Crippen LogP contribution is 2.27. The fourth-order valence-corrected chi connectivity index (χ4v) is 2.63. The molecule has 0 aliphatic rings. The summed E-state index contributed by atoms with van der Waals surface area (Å²) in [7, 11) is 1.58. The number of hydrogen-bond donors (Lipinski definition) is 2. The van der Waals surface area contributed by atoms with Gasteiger partial charge in [-0.25, -0.2) is 0 Å². The summed E-state index contributed by atoms with van der Waals surface area (Å²) in [5, 5.41) is 0.546. The molecule has 0 aliphatic heterocycles. The van der Waals surface area contributed by atoms with Crippen molar-refractivity contribution in [3.63, 3.8) is 0 Å². The molecule has 2 rings (SSSR count). The Bertz CT molecular complexity index is 809. The molecule has 0 saturated heterocycles. The van der Waals surface area contributed by atoms with E-state index in [1.807, 2.05) is 0 Å². The number of rotatable bonds is 6. The minimum atomic E-state index is -0.502. The number of nitrogens with one attached hydrogen (secondary N) is 2. The molecule has 136 valence electrons. The highest BCUT2D eigenvalue weighted by molar-refractivity contribution is 9.10. The van der Waals surface area contributed by atoms with Crippen molar-refractivity contribution >= 4 is 45.4 Å². The van der Waals surface area contributed by atoms with E-state index in [-0.39, 0.29) is 6.61 Å². The molecule has 0 spiro atoms. The van der Waals surface area contributed by atoms with E-state index in [0.29, 0.717) is 15.2 Å². The van der Waals surface area contributed by atoms with Gasteiger partial charge in [0.1, 0.15) is 11.5 Å². The number of amides is 2. The lowest BCUT2D eigenvalue weighted by Gasteiger charge is -2.09. The fraction of sp³-hybridized carbons (Fsp3) is 0.111. The zero-order valence-corrected chi connectivity index (χ0v) is 16.1. The predicted molar refractivity (Wildman–Crippen MR) is 103 cm³/mol. The molecule has 0 fully saturated rings. The maximum atomic E-state index is 11.7. The standard InChI is InChI=1S/C18H16BrClN2O4/c1-25-14-6-2-12(3-7-14)4-9-17(23)21-22-18(24)11-26-16-8-5-13(20)10-15(16)19/h2-10H,11H2,1H3,(H,21,23)(H,22,24)/b9-4+. The van der Waals surface area contributed by atoms with Gasteiger partial charge in [-0.2, -0.15) is 0 Å². The Morgan fingerprint density at radius 1 is 1.15 bits per heavy atom. The highest BCUT2D eigenvalue weighted by Gasteiger charge is 2.06. The highest BCUT2D eigenvalue weighted by atomic mass is 79.9. The van der Waals surface area contributed by atoms with E-state index in [0.717, 1.165) is 11.3 Å². The van der Waals surface area contributed by atoms with Crippen LogP contribution < -0.4 is 20.3 Å². The average Bonchev–Trinajstić information content (AvgIpc) is 2.64. The molecule has 0 atom stereocenters. The first-order valence-corrected chi connectivity index (χ1v) is 8.64. The minimum Gasteiger partial charge on any atom is -0.497 e. The second-order valence-corrected chi connectivity index (χ2v) is 6.30. The lowest BCUT2D eigenvalue weighted by Crippen LogP contribution is -2.43. The van der Waals surface area contributed by atoms with Gasteiger partial charge in [-0.3, -0.25) is 20.4 Å². The smallest absolute Gasteiger partial charge is 0.276 e. The molecule has 0 bridgehead atoms. The Morgan fingerprint density at radius 3 is 2.54 bits per heavy atom. The summed E-state index contributed by atoms with van der Waals surface area (Å²) in [5.41, 5.74) is 5.36. The van der Waals surface area contributed by atoms with E-state index in [2.05, 4.69) is 26.8 Å². The molecule has 2 N–H and O–H groups in total. The Balaban J connectivity index is 1.75. The van der Waals surface area contributed by atoms with Crippen molar-refractivity contribution in [1.82, 2.24) is 10.9 Å². The Labute approximate surface area is 164 Å². The third kappa shape index (κ3) is 6.42. The molecule has 0 aromatic heterocycles. The van der Waals surface area contributed by atoms with Crippen LogP contribution in [0.15, 0.2) is 53.0 Å². The summed E-state index contributed by atoms with van der Waals surface area (Å²) < 4.78 is 11.0. The number of carbonyl (C=O) groups excluding carboxylic acids is 2. The zero-order chi connectivity index (χ0) is 18.9. The Hall–Kier alpha value is -2.51. The summed E-state index contributed by atoms with van der Waals surface area (Å²) >= 11 is 9.11. The minimum absolute atomic E-state index is 0.261. The Morgan fingerprint density at radius 2 is 1.88 bits per heavy atom. The van der Waals surface area contributed by atoms with Gasteiger partial charge >= 0.3 is 0 Å². The second kappa shape index (κ2) is 9.84. The summed E-state index contributed by atoms with van der Waals surface area (Å²) in [4.78, 5) is 23.4. The lowest BCUT2D eigenvalue weighted by molar-refractivity contribution is -0.128. The van der Waals surface area contributed by atoms with Crippen LogP contribution in [0.5, 0.6) is 11.5 Å². The van der Waals surface area contributed by atoms with Gasteiger partial charge in [-0.05, 0) is 57.9 Å². The summed E-state index contributed by atoms with van der Waals surface area (Å²) in [6.45, 7) is -0.261. The number of carbonyl (C=O) groups is 2. The van der Waals surface area contributed by atoms with Crippen molar-refractivity contribution < 1.29 is 19.1 Å². The van der Waals surface area contributed by atoms with E-state index in [1.54, 1.807) is 55.7 Å². The molecular formula is C18H16BrClN2O4. The van der Waals surface area contributed by atoms with E-state index in [1.165, 1.54) is 6.08 Å². The van der Waals surface area contributed by atoms with E-state index >= 15 is 0 Å². The molecule has 2 aromatic rings. The quantitative estimate of drug-likeness (QED) is 0.535. The first-order chi connectivity index (χ1) is 12.5. The third-order valence-electron chi connectivity index (χ3n) is 3.12. The average molecular weight is 440 g/mol. The van der Waals surface area contributed by atoms with Crippen LogP contribution in [0.1, 0.15) is 5.56 Å². The molecule has 0 radical (unpaired) electrons. The first-order valence-electron chi connectivity index (χ1n) is 7.47. The van der Waals surface area contributed by atoms with Crippen LogP contribution in [-0.4, -0.2) is 25.5 Å².